The molecule has 3 heteroatoms. The number of hydrogen-bond acceptors (Lipinski definition) is 2. The molecule has 1 rings (SSSR count). The Morgan fingerprint density at radius 2 is 2.33 bits per heavy atom. The Bertz CT molecular complexity index is 189. The van der Waals surface area contributed by atoms with Crippen molar-refractivity contribution in [3.8, 4) is 0 Å². The zero-order valence-electron chi connectivity index (χ0n) is 7.51. The summed E-state index contributed by atoms with van der Waals surface area (Å²) in [5.41, 5.74) is 0. The minimum Gasteiger partial charge on any atom is -0.335 e. The number of hydrogen-bond donors (Lipinski definition) is 0. The third kappa shape index (κ3) is 2.32. The summed E-state index contributed by atoms with van der Waals surface area (Å²) in [6.45, 7) is 3.09. The highest BCUT2D eigenvalue weighted by molar-refractivity contribution is 5.86. The van der Waals surface area contributed by atoms with Crippen molar-refractivity contribution in [2.75, 3.05) is 13.1 Å². The highest BCUT2D eigenvalue weighted by Crippen LogP contribution is 2.09. The lowest BCUT2D eigenvalue weighted by molar-refractivity contribution is -0.132. The standard InChI is InChI=1S/C9H15NO2/c1-2-4-8(11)7-10-6-3-5-9(10)12/h2-7H2,1H3. The van der Waals surface area contributed by atoms with Gasteiger partial charge in [0.05, 0.1) is 6.54 Å². The minimum absolute atomic E-state index is 0.138. The zero-order valence-corrected chi connectivity index (χ0v) is 7.51. The number of rotatable bonds is 4. The molecule has 68 valence electrons. The SMILES string of the molecule is CCCC(=O)CN1CCCC1=O. The van der Waals surface area contributed by atoms with E-state index in [0.29, 0.717) is 19.4 Å². The van der Waals surface area contributed by atoms with Gasteiger partial charge in [0.15, 0.2) is 5.78 Å². The van der Waals surface area contributed by atoms with Crippen LogP contribution < -0.4 is 0 Å². The average molecular weight is 169 g/mol. The molecule has 0 unspecified atom stereocenters. The second-order valence-electron chi connectivity index (χ2n) is 3.21. The van der Waals surface area contributed by atoms with Crippen LogP contribution in [0, 0.1) is 0 Å². The normalized spacial score (nSPS) is 17.1. The van der Waals surface area contributed by atoms with Crippen molar-refractivity contribution in [2.45, 2.75) is 32.6 Å². The van der Waals surface area contributed by atoms with Gasteiger partial charge in [-0.15, -0.1) is 0 Å². The maximum atomic E-state index is 11.2. The number of carbonyl (C=O) groups is 2. The van der Waals surface area contributed by atoms with E-state index in [-0.39, 0.29) is 11.7 Å². The molecule has 0 radical (unpaired) electrons. The average Bonchev–Trinajstić information content (AvgIpc) is 2.37. The van der Waals surface area contributed by atoms with Gasteiger partial charge in [-0.1, -0.05) is 6.92 Å². The molecular weight excluding hydrogens is 154 g/mol. The zero-order chi connectivity index (χ0) is 8.97. The van der Waals surface area contributed by atoms with E-state index in [9.17, 15) is 9.59 Å². The van der Waals surface area contributed by atoms with Crippen molar-refractivity contribution >= 4 is 11.7 Å². The quantitative estimate of drug-likeness (QED) is 0.629. The van der Waals surface area contributed by atoms with Crippen molar-refractivity contribution < 1.29 is 9.59 Å². The van der Waals surface area contributed by atoms with Crippen LogP contribution in [0.15, 0.2) is 0 Å². The van der Waals surface area contributed by atoms with Gasteiger partial charge < -0.3 is 4.90 Å². The Kier molecular flexibility index (Phi) is 3.26. The molecule has 1 fully saturated rings. The van der Waals surface area contributed by atoms with E-state index in [0.717, 1.165) is 19.4 Å². The molecule has 1 amide bonds. The monoisotopic (exact) mass is 169 g/mol. The van der Waals surface area contributed by atoms with Crippen molar-refractivity contribution in [2.24, 2.45) is 0 Å². The number of amides is 1. The Balaban J connectivity index is 2.30. The third-order valence-corrected chi connectivity index (χ3v) is 2.07. The number of carbonyl (C=O) groups excluding carboxylic acids is 2. The van der Waals surface area contributed by atoms with Gasteiger partial charge in [-0.05, 0) is 12.8 Å². The van der Waals surface area contributed by atoms with Crippen molar-refractivity contribution in [1.29, 1.82) is 0 Å². The molecule has 3 nitrogen and oxygen atoms in total. The van der Waals surface area contributed by atoms with Crippen molar-refractivity contribution in [1.82, 2.24) is 4.90 Å². The number of nitrogens with zero attached hydrogens (tertiary/aromatic N) is 1. The van der Waals surface area contributed by atoms with E-state index in [1.807, 2.05) is 6.92 Å². The molecule has 0 aromatic heterocycles. The van der Waals surface area contributed by atoms with Gasteiger partial charge in [0, 0.05) is 19.4 Å². The Hall–Kier alpha value is -0.860. The summed E-state index contributed by atoms with van der Waals surface area (Å²) in [4.78, 5) is 23.9. The molecule has 12 heavy (non-hydrogen) atoms. The lowest BCUT2D eigenvalue weighted by Crippen LogP contribution is -2.30. The smallest absolute Gasteiger partial charge is 0.223 e. The van der Waals surface area contributed by atoms with E-state index in [2.05, 4.69) is 0 Å². The third-order valence-electron chi connectivity index (χ3n) is 2.07. The van der Waals surface area contributed by atoms with Gasteiger partial charge >= 0.3 is 0 Å². The molecule has 0 atom stereocenters. The van der Waals surface area contributed by atoms with Crippen LogP contribution >= 0.6 is 0 Å². The lowest BCUT2D eigenvalue weighted by Gasteiger charge is -2.13. The molecule has 0 aromatic rings. The first-order chi connectivity index (χ1) is 5.74. The van der Waals surface area contributed by atoms with Gasteiger partial charge in [-0.2, -0.15) is 0 Å². The van der Waals surface area contributed by atoms with Crippen molar-refractivity contribution in [3.05, 3.63) is 0 Å². The fraction of sp³-hybridized carbons (Fsp3) is 0.778. The Labute approximate surface area is 72.7 Å². The predicted molar refractivity (Wildman–Crippen MR) is 45.7 cm³/mol. The summed E-state index contributed by atoms with van der Waals surface area (Å²) in [6, 6.07) is 0. The summed E-state index contributed by atoms with van der Waals surface area (Å²) in [6.07, 6.45) is 3.02. The number of ketones is 1. The maximum Gasteiger partial charge on any atom is 0.223 e. The summed E-state index contributed by atoms with van der Waals surface area (Å²) in [5, 5.41) is 0. The van der Waals surface area contributed by atoms with Crippen LogP contribution in [0.5, 0.6) is 0 Å². The molecular formula is C9H15NO2. The maximum absolute atomic E-state index is 11.2. The van der Waals surface area contributed by atoms with Crippen LogP contribution in [0.4, 0.5) is 0 Å². The van der Waals surface area contributed by atoms with E-state index in [1.54, 1.807) is 4.90 Å². The summed E-state index contributed by atoms with van der Waals surface area (Å²) in [5.74, 6) is 0.326. The first kappa shape index (κ1) is 9.23. The Morgan fingerprint density at radius 3 is 2.83 bits per heavy atom. The van der Waals surface area contributed by atoms with Gasteiger partial charge in [0.1, 0.15) is 0 Å². The molecule has 0 saturated carbocycles. The Morgan fingerprint density at radius 1 is 1.58 bits per heavy atom. The highest BCUT2D eigenvalue weighted by atomic mass is 16.2. The fourth-order valence-electron chi connectivity index (χ4n) is 1.44. The molecule has 1 heterocycles. The predicted octanol–water partition coefficient (Wildman–Crippen LogP) is 0.978. The molecule has 0 N–H and O–H groups in total. The number of Topliss-reactive ketones (excluding diaryl/α,β-unsaturated/α-hetero) is 1. The van der Waals surface area contributed by atoms with E-state index in [1.165, 1.54) is 0 Å². The summed E-state index contributed by atoms with van der Waals surface area (Å²) < 4.78 is 0. The lowest BCUT2D eigenvalue weighted by atomic mass is 10.2. The van der Waals surface area contributed by atoms with Gasteiger partial charge in [-0.3, -0.25) is 9.59 Å². The number of likely N-dealkylation sites (tertiary alicyclic amines) is 1. The molecule has 1 aliphatic rings. The largest absolute Gasteiger partial charge is 0.335 e. The summed E-state index contributed by atoms with van der Waals surface area (Å²) in [7, 11) is 0. The molecule has 0 aliphatic carbocycles. The minimum atomic E-state index is 0.138. The molecule has 1 saturated heterocycles. The van der Waals surface area contributed by atoms with E-state index < -0.39 is 0 Å². The van der Waals surface area contributed by atoms with E-state index in [4.69, 9.17) is 0 Å². The highest BCUT2D eigenvalue weighted by Gasteiger charge is 2.21. The fourth-order valence-corrected chi connectivity index (χ4v) is 1.44. The van der Waals surface area contributed by atoms with Crippen LogP contribution in [0.2, 0.25) is 0 Å². The van der Waals surface area contributed by atoms with E-state index >= 15 is 0 Å². The topological polar surface area (TPSA) is 37.4 Å². The molecule has 0 aromatic carbocycles. The van der Waals surface area contributed by atoms with Crippen LogP contribution in [-0.4, -0.2) is 29.7 Å². The van der Waals surface area contributed by atoms with Crippen LogP contribution in [0.1, 0.15) is 32.6 Å². The van der Waals surface area contributed by atoms with Gasteiger partial charge in [0.2, 0.25) is 5.91 Å². The first-order valence-corrected chi connectivity index (χ1v) is 4.53. The van der Waals surface area contributed by atoms with Gasteiger partial charge in [0.25, 0.3) is 0 Å². The second-order valence-corrected chi connectivity index (χ2v) is 3.21. The molecule has 0 spiro atoms. The second kappa shape index (κ2) is 4.24. The van der Waals surface area contributed by atoms with Crippen LogP contribution in [-0.2, 0) is 9.59 Å². The first-order valence-electron chi connectivity index (χ1n) is 4.53. The molecule has 0 bridgehead atoms. The van der Waals surface area contributed by atoms with Crippen molar-refractivity contribution in [3.63, 3.8) is 0 Å². The molecule has 1 aliphatic heterocycles. The van der Waals surface area contributed by atoms with Gasteiger partial charge in [-0.25, -0.2) is 0 Å². The van der Waals surface area contributed by atoms with Crippen LogP contribution in [0.25, 0.3) is 0 Å². The summed E-state index contributed by atoms with van der Waals surface area (Å²) >= 11 is 0. The van der Waals surface area contributed by atoms with Crippen LogP contribution in [0.3, 0.4) is 0 Å².